The molecule has 0 amide bonds. The molecule has 0 saturated heterocycles. The van der Waals surface area contributed by atoms with Gasteiger partial charge in [0.05, 0.1) is 10.5 Å². The maximum Gasteiger partial charge on any atom is 0.338 e. The molecular formula is C18H20ClNO4S. The molecule has 0 aliphatic carbocycles. The van der Waals surface area contributed by atoms with Crippen molar-refractivity contribution in [3.8, 4) is 0 Å². The van der Waals surface area contributed by atoms with Gasteiger partial charge in [-0.15, -0.1) is 0 Å². The fourth-order valence-electron chi connectivity index (χ4n) is 2.34. The van der Waals surface area contributed by atoms with E-state index in [1.54, 1.807) is 38.1 Å². The quantitative estimate of drug-likeness (QED) is 0.685. The van der Waals surface area contributed by atoms with Gasteiger partial charge in [0.2, 0.25) is 10.0 Å². The van der Waals surface area contributed by atoms with Gasteiger partial charge >= 0.3 is 5.97 Å². The maximum atomic E-state index is 12.5. The lowest BCUT2D eigenvalue weighted by Crippen LogP contribution is -2.30. The van der Waals surface area contributed by atoms with E-state index in [0.29, 0.717) is 23.7 Å². The van der Waals surface area contributed by atoms with Crippen LogP contribution in [-0.2, 0) is 21.4 Å². The van der Waals surface area contributed by atoms with Crippen LogP contribution < -0.4 is 0 Å². The minimum atomic E-state index is -3.63. The third-order valence-electron chi connectivity index (χ3n) is 3.73. The Morgan fingerprint density at radius 3 is 2.40 bits per heavy atom. The Morgan fingerprint density at radius 1 is 1.08 bits per heavy atom. The van der Waals surface area contributed by atoms with Gasteiger partial charge in [0.1, 0.15) is 6.61 Å². The molecule has 7 heteroatoms. The molecule has 0 N–H and O–H groups in total. The molecule has 0 radical (unpaired) electrons. The van der Waals surface area contributed by atoms with Crippen molar-refractivity contribution in [3.05, 3.63) is 64.7 Å². The Hall–Kier alpha value is -1.89. The Labute approximate surface area is 153 Å². The lowest BCUT2D eigenvalue weighted by Gasteiger charge is -2.18. The summed E-state index contributed by atoms with van der Waals surface area (Å²) < 4.78 is 31.7. The average molecular weight is 382 g/mol. The molecule has 0 atom stereocenters. The Balaban J connectivity index is 2.18. The molecule has 5 nitrogen and oxygen atoms in total. The molecule has 2 rings (SSSR count). The van der Waals surface area contributed by atoms with Gasteiger partial charge in [-0.1, -0.05) is 49.7 Å². The van der Waals surface area contributed by atoms with E-state index in [-0.39, 0.29) is 17.1 Å². The maximum absolute atomic E-state index is 12.5. The highest BCUT2D eigenvalue weighted by atomic mass is 35.5. The molecule has 25 heavy (non-hydrogen) atoms. The lowest BCUT2D eigenvalue weighted by molar-refractivity contribution is 0.0472. The first-order valence-corrected chi connectivity index (χ1v) is 9.72. The van der Waals surface area contributed by atoms with Crippen molar-refractivity contribution >= 4 is 27.6 Å². The summed E-state index contributed by atoms with van der Waals surface area (Å²) in [5.74, 6) is -0.600. The number of benzene rings is 2. The zero-order valence-corrected chi connectivity index (χ0v) is 15.7. The van der Waals surface area contributed by atoms with E-state index >= 15 is 0 Å². The van der Waals surface area contributed by atoms with Gasteiger partial charge in [-0.25, -0.2) is 13.2 Å². The van der Waals surface area contributed by atoms with Gasteiger partial charge in [0, 0.05) is 23.7 Å². The second-order valence-corrected chi connectivity index (χ2v) is 7.63. The fourth-order valence-corrected chi connectivity index (χ4v) is 4.03. The molecule has 0 saturated carbocycles. The Morgan fingerprint density at radius 2 is 1.76 bits per heavy atom. The largest absolute Gasteiger partial charge is 0.457 e. The molecule has 2 aromatic carbocycles. The monoisotopic (exact) mass is 381 g/mol. The molecule has 2 aromatic rings. The first-order valence-electron chi connectivity index (χ1n) is 7.90. The lowest BCUT2D eigenvalue weighted by atomic mass is 10.2. The van der Waals surface area contributed by atoms with Crippen molar-refractivity contribution in [2.45, 2.75) is 25.3 Å². The van der Waals surface area contributed by atoms with E-state index < -0.39 is 16.0 Å². The normalized spacial score (nSPS) is 11.5. The van der Waals surface area contributed by atoms with Crippen LogP contribution in [0.4, 0.5) is 0 Å². The van der Waals surface area contributed by atoms with Crippen molar-refractivity contribution < 1.29 is 17.9 Å². The zero-order valence-electron chi connectivity index (χ0n) is 14.1. The van der Waals surface area contributed by atoms with E-state index in [4.69, 9.17) is 16.3 Å². The highest BCUT2D eigenvalue weighted by Crippen LogP contribution is 2.19. The van der Waals surface area contributed by atoms with Crippen molar-refractivity contribution in [2.24, 2.45) is 0 Å². The number of sulfonamides is 1. The first kappa shape index (κ1) is 19.4. The van der Waals surface area contributed by atoms with Crippen LogP contribution in [0.2, 0.25) is 5.02 Å². The minimum absolute atomic E-state index is 0.0194. The summed E-state index contributed by atoms with van der Waals surface area (Å²) in [4.78, 5) is 12.3. The van der Waals surface area contributed by atoms with Crippen LogP contribution in [-0.4, -0.2) is 31.8 Å². The third kappa shape index (κ3) is 4.60. The Bertz CT molecular complexity index is 848. The molecule has 0 unspecified atom stereocenters. The fraction of sp³-hybridized carbons (Fsp3) is 0.278. The van der Waals surface area contributed by atoms with Gasteiger partial charge in [-0.3, -0.25) is 0 Å². The highest BCUT2D eigenvalue weighted by Gasteiger charge is 2.22. The van der Waals surface area contributed by atoms with Crippen molar-refractivity contribution in [2.75, 3.05) is 13.1 Å². The summed E-state index contributed by atoms with van der Waals surface area (Å²) in [5, 5.41) is 0.508. The van der Waals surface area contributed by atoms with Gasteiger partial charge < -0.3 is 4.74 Å². The van der Waals surface area contributed by atoms with E-state index in [2.05, 4.69) is 0 Å². The van der Waals surface area contributed by atoms with E-state index in [0.717, 1.165) is 0 Å². The topological polar surface area (TPSA) is 63.7 Å². The third-order valence-corrected chi connectivity index (χ3v) is 6.14. The summed E-state index contributed by atoms with van der Waals surface area (Å²) in [5.41, 5.74) is 0.865. The number of rotatable bonds is 7. The van der Waals surface area contributed by atoms with Crippen LogP contribution in [0, 0.1) is 0 Å². The molecule has 0 fully saturated rings. The molecular weight excluding hydrogens is 362 g/mol. The van der Waals surface area contributed by atoms with Crippen LogP contribution in [0.3, 0.4) is 0 Å². The van der Waals surface area contributed by atoms with Crippen LogP contribution in [0.1, 0.15) is 29.8 Å². The number of carbonyl (C=O) groups excluding carboxylic acids is 1. The minimum Gasteiger partial charge on any atom is -0.457 e. The van der Waals surface area contributed by atoms with Gasteiger partial charge in [0.25, 0.3) is 0 Å². The average Bonchev–Trinajstić information content (AvgIpc) is 2.61. The zero-order chi connectivity index (χ0) is 18.4. The highest BCUT2D eigenvalue weighted by molar-refractivity contribution is 7.89. The summed E-state index contributed by atoms with van der Waals surface area (Å²) in [7, 11) is -3.63. The molecule has 0 aliphatic rings. The number of ether oxygens (including phenoxy) is 1. The molecule has 0 heterocycles. The van der Waals surface area contributed by atoms with E-state index in [1.165, 1.54) is 28.6 Å². The predicted octanol–water partition coefficient (Wildman–Crippen LogP) is 3.73. The van der Waals surface area contributed by atoms with Gasteiger partial charge in [-0.2, -0.15) is 4.31 Å². The van der Waals surface area contributed by atoms with Gasteiger partial charge in [-0.05, 0) is 24.3 Å². The number of hydrogen-bond donors (Lipinski definition) is 0. The molecule has 0 spiro atoms. The summed E-state index contributed by atoms with van der Waals surface area (Å²) in [6.07, 6.45) is 0. The van der Waals surface area contributed by atoms with Crippen LogP contribution >= 0.6 is 11.6 Å². The van der Waals surface area contributed by atoms with E-state index in [1.807, 2.05) is 0 Å². The van der Waals surface area contributed by atoms with Crippen LogP contribution in [0.25, 0.3) is 0 Å². The van der Waals surface area contributed by atoms with Crippen molar-refractivity contribution in [3.63, 3.8) is 0 Å². The SMILES string of the molecule is CCN(CC)S(=O)(=O)c1cccc(C(=O)OCc2ccccc2Cl)c1. The Kier molecular flexibility index (Phi) is 6.58. The predicted molar refractivity (Wildman–Crippen MR) is 97.1 cm³/mol. The standard InChI is InChI=1S/C18H20ClNO4S/c1-3-20(4-2)25(22,23)16-10-7-9-14(12-16)18(21)24-13-15-8-5-6-11-17(15)19/h5-12H,3-4,13H2,1-2H3. The second-order valence-electron chi connectivity index (χ2n) is 5.28. The molecule has 134 valence electrons. The number of carbonyl (C=O) groups is 1. The smallest absolute Gasteiger partial charge is 0.338 e. The van der Waals surface area contributed by atoms with Crippen LogP contribution in [0.15, 0.2) is 53.4 Å². The van der Waals surface area contributed by atoms with Crippen molar-refractivity contribution in [1.82, 2.24) is 4.31 Å². The molecule has 0 aliphatic heterocycles. The summed E-state index contributed by atoms with van der Waals surface area (Å²) in [6.45, 7) is 4.27. The van der Waals surface area contributed by atoms with Gasteiger partial charge in [0.15, 0.2) is 0 Å². The van der Waals surface area contributed by atoms with E-state index in [9.17, 15) is 13.2 Å². The van der Waals surface area contributed by atoms with Crippen molar-refractivity contribution in [1.29, 1.82) is 0 Å². The number of esters is 1. The number of nitrogens with zero attached hydrogens (tertiary/aromatic N) is 1. The molecule has 0 bridgehead atoms. The second kappa shape index (κ2) is 8.47. The van der Waals surface area contributed by atoms with Crippen LogP contribution in [0.5, 0.6) is 0 Å². The summed E-state index contributed by atoms with van der Waals surface area (Å²) in [6, 6.07) is 12.9. The number of halogens is 1. The molecule has 0 aromatic heterocycles. The first-order chi connectivity index (χ1) is 11.9. The summed E-state index contributed by atoms with van der Waals surface area (Å²) >= 11 is 6.03. The number of hydrogen-bond acceptors (Lipinski definition) is 4.